The van der Waals surface area contributed by atoms with E-state index in [1.54, 1.807) is 18.4 Å². The lowest BCUT2D eigenvalue weighted by Crippen LogP contribution is -2.04. The fraction of sp³-hybridized carbons (Fsp3) is 0.105. The minimum Gasteiger partial charge on any atom is -0.496 e. The summed E-state index contributed by atoms with van der Waals surface area (Å²) in [6.45, 7) is 0.630. The lowest BCUT2D eigenvalue weighted by Gasteiger charge is -2.09. The van der Waals surface area contributed by atoms with Gasteiger partial charge in [0.2, 0.25) is 5.95 Å². The van der Waals surface area contributed by atoms with Crippen molar-refractivity contribution in [3.8, 4) is 17.0 Å². The molecule has 0 bridgehead atoms. The number of thiophene rings is 1. The maximum absolute atomic E-state index is 6.15. The highest BCUT2D eigenvalue weighted by Gasteiger charge is 2.13. The van der Waals surface area contributed by atoms with Gasteiger partial charge in [-0.05, 0) is 12.1 Å². The highest BCUT2D eigenvalue weighted by molar-refractivity contribution is 7.17. The molecule has 0 spiro atoms. The molecule has 0 aliphatic carbocycles. The third-order valence-electron chi connectivity index (χ3n) is 4.10. The van der Waals surface area contributed by atoms with Crippen LogP contribution < -0.4 is 10.5 Å². The van der Waals surface area contributed by atoms with Crippen LogP contribution in [0.15, 0.2) is 60.1 Å². The zero-order valence-electron chi connectivity index (χ0n) is 13.7. The number of anilines is 1. The van der Waals surface area contributed by atoms with Crippen molar-refractivity contribution in [3.05, 3.63) is 65.7 Å². The number of halogens is 1. The molecule has 4 rings (SSSR count). The lowest BCUT2D eigenvalue weighted by atomic mass is 10.1. The van der Waals surface area contributed by atoms with Crippen LogP contribution in [0.5, 0.6) is 5.75 Å². The van der Waals surface area contributed by atoms with Gasteiger partial charge in [-0.3, -0.25) is 0 Å². The maximum Gasteiger partial charge on any atom is 0.201 e. The quantitative estimate of drug-likeness (QED) is 0.559. The Labute approximate surface area is 156 Å². The Morgan fingerprint density at radius 2 is 1.88 bits per heavy atom. The number of nitrogens with zero attached hydrogens (tertiary/aromatic N) is 2. The predicted molar refractivity (Wildman–Crippen MR) is 107 cm³/mol. The standard InChI is InChI=1S/C19H17N3OS.ClH/c1-23-17-8-4-2-6-13(17)10-22-11-16(21-19(22)20)15-12-24-18-9-5-3-7-14(15)18;/h2-9,11-12H,10H2,1H3,(H2,20,21);1H. The molecule has 0 saturated heterocycles. The first-order valence-electron chi connectivity index (χ1n) is 7.67. The minimum absolute atomic E-state index is 0. The van der Waals surface area contributed by atoms with Gasteiger partial charge >= 0.3 is 0 Å². The third-order valence-corrected chi connectivity index (χ3v) is 5.06. The summed E-state index contributed by atoms with van der Waals surface area (Å²) in [7, 11) is 1.68. The predicted octanol–water partition coefficient (Wildman–Crippen LogP) is 4.83. The Bertz CT molecular complexity index is 1010. The van der Waals surface area contributed by atoms with Crippen LogP contribution >= 0.6 is 23.7 Å². The number of para-hydroxylation sites is 1. The molecule has 0 amide bonds. The zero-order valence-corrected chi connectivity index (χ0v) is 15.3. The number of nitrogens with two attached hydrogens (primary N) is 1. The Morgan fingerprint density at radius 1 is 1.12 bits per heavy atom. The Kier molecular flexibility index (Phi) is 4.97. The first-order chi connectivity index (χ1) is 11.8. The number of aromatic nitrogens is 2. The minimum atomic E-state index is 0. The number of hydrogen-bond acceptors (Lipinski definition) is 4. The summed E-state index contributed by atoms with van der Waals surface area (Å²) in [6, 6.07) is 16.3. The summed E-state index contributed by atoms with van der Waals surface area (Å²) in [6.07, 6.45) is 2.01. The fourth-order valence-corrected chi connectivity index (χ4v) is 3.83. The van der Waals surface area contributed by atoms with Crippen LogP contribution in [-0.2, 0) is 6.54 Å². The number of rotatable bonds is 4. The summed E-state index contributed by atoms with van der Waals surface area (Å²) in [5, 5.41) is 3.35. The van der Waals surface area contributed by atoms with Gasteiger partial charge < -0.3 is 15.0 Å². The van der Waals surface area contributed by atoms with E-state index >= 15 is 0 Å². The summed E-state index contributed by atoms with van der Waals surface area (Å²) in [5.74, 6) is 1.36. The van der Waals surface area contributed by atoms with Crippen LogP contribution in [0.4, 0.5) is 5.95 Å². The van der Waals surface area contributed by atoms with E-state index in [1.807, 2.05) is 41.1 Å². The zero-order chi connectivity index (χ0) is 16.5. The Morgan fingerprint density at radius 3 is 2.72 bits per heavy atom. The molecule has 0 aliphatic rings. The van der Waals surface area contributed by atoms with E-state index in [0.29, 0.717) is 12.5 Å². The SMILES string of the molecule is COc1ccccc1Cn1cc(-c2csc3ccccc23)nc1N.Cl. The largest absolute Gasteiger partial charge is 0.496 e. The molecule has 6 heteroatoms. The van der Waals surface area contributed by atoms with Crippen molar-refractivity contribution in [1.82, 2.24) is 9.55 Å². The first kappa shape index (κ1) is 17.3. The van der Waals surface area contributed by atoms with Crippen molar-refractivity contribution in [3.63, 3.8) is 0 Å². The molecule has 2 N–H and O–H groups in total. The number of fused-ring (bicyclic) bond motifs is 1. The number of nitrogen functional groups attached to an aromatic ring is 1. The molecule has 0 aliphatic heterocycles. The molecule has 0 saturated carbocycles. The molecule has 128 valence electrons. The van der Waals surface area contributed by atoms with E-state index in [1.165, 1.54) is 10.1 Å². The van der Waals surface area contributed by atoms with Crippen molar-refractivity contribution < 1.29 is 4.74 Å². The van der Waals surface area contributed by atoms with Gasteiger partial charge in [0.15, 0.2) is 0 Å². The van der Waals surface area contributed by atoms with E-state index in [0.717, 1.165) is 22.6 Å². The lowest BCUT2D eigenvalue weighted by molar-refractivity contribution is 0.408. The average Bonchev–Trinajstić information content (AvgIpc) is 3.19. The molecule has 2 aromatic heterocycles. The Hall–Kier alpha value is -2.50. The number of ether oxygens (including phenoxy) is 1. The molecular formula is C19H18ClN3OS. The van der Waals surface area contributed by atoms with E-state index in [9.17, 15) is 0 Å². The average molecular weight is 372 g/mol. The second-order valence-electron chi connectivity index (χ2n) is 5.57. The van der Waals surface area contributed by atoms with Crippen molar-refractivity contribution in [2.24, 2.45) is 0 Å². The van der Waals surface area contributed by atoms with Crippen LogP contribution in [0.25, 0.3) is 21.3 Å². The maximum atomic E-state index is 6.15. The van der Waals surface area contributed by atoms with Gasteiger partial charge in [0.1, 0.15) is 5.75 Å². The van der Waals surface area contributed by atoms with Crippen molar-refractivity contribution in [2.75, 3.05) is 12.8 Å². The van der Waals surface area contributed by atoms with Crippen LogP contribution in [-0.4, -0.2) is 16.7 Å². The van der Waals surface area contributed by atoms with E-state index in [2.05, 4.69) is 28.6 Å². The molecule has 4 aromatic rings. The highest BCUT2D eigenvalue weighted by Crippen LogP contribution is 2.34. The van der Waals surface area contributed by atoms with Crippen LogP contribution in [0, 0.1) is 0 Å². The molecule has 2 heterocycles. The number of imidazole rings is 1. The number of hydrogen-bond donors (Lipinski definition) is 1. The second-order valence-corrected chi connectivity index (χ2v) is 6.48. The monoisotopic (exact) mass is 371 g/mol. The van der Waals surface area contributed by atoms with Gasteiger partial charge in [-0.15, -0.1) is 23.7 Å². The summed E-state index contributed by atoms with van der Waals surface area (Å²) < 4.78 is 8.63. The van der Waals surface area contributed by atoms with Crippen molar-refractivity contribution in [1.29, 1.82) is 0 Å². The molecule has 0 unspecified atom stereocenters. The summed E-state index contributed by atoms with van der Waals surface area (Å²) >= 11 is 1.72. The number of methoxy groups -OCH3 is 1. The van der Waals surface area contributed by atoms with Gasteiger partial charge in [-0.2, -0.15) is 0 Å². The molecule has 0 radical (unpaired) electrons. The van der Waals surface area contributed by atoms with E-state index in [-0.39, 0.29) is 12.4 Å². The van der Waals surface area contributed by atoms with Gasteiger partial charge in [0, 0.05) is 32.8 Å². The summed E-state index contributed by atoms with van der Waals surface area (Å²) in [4.78, 5) is 4.56. The molecule has 4 nitrogen and oxygen atoms in total. The van der Waals surface area contributed by atoms with E-state index < -0.39 is 0 Å². The van der Waals surface area contributed by atoms with Gasteiger partial charge in [0.25, 0.3) is 0 Å². The normalized spacial score (nSPS) is 10.6. The fourth-order valence-electron chi connectivity index (χ4n) is 2.88. The highest BCUT2D eigenvalue weighted by atomic mass is 35.5. The first-order valence-corrected chi connectivity index (χ1v) is 8.55. The van der Waals surface area contributed by atoms with Crippen LogP contribution in [0.2, 0.25) is 0 Å². The van der Waals surface area contributed by atoms with Gasteiger partial charge in [-0.1, -0.05) is 36.4 Å². The van der Waals surface area contributed by atoms with E-state index in [4.69, 9.17) is 10.5 Å². The molecule has 25 heavy (non-hydrogen) atoms. The molecular weight excluding hydrogens is 354 g/mol. The third kappa shape index (κ3) is 3.21. The Balaban J connectivity index is 0.00000182. The van der Waals surface area contributed by atoms with Crippen molar-refractivity contribution >= 4 is 39.8 Å². The molecule has 0 atom stereocenters. The van der Waals surface area contributed by atoms with Gasteiger partial charge in [-0.25, -0.2) is 4.98 Å². The smallest absolute Gasteiger partial charge is 0.201 e. The van der Waals surface area contributed by atoms with Crippen molar-refractivity contribution in [2.45, 2.75) is 6.54 Å². The number of benzene rings is 2. The molecule has 2 aromatic carbocycles. The molecule has 0 fully saturated rings. The van der Waals surface area contributed by atoms with Gasteiger partial charge in [0.05, 0.1) is 19.3 Å². The van der Waals surface area contributed by atoms with Crippen LogP contribution in [0.3, 0.4) is 0 Å². The summed E-state index contributed by atoms with van der Waals surface area (Å²) in [5.41, 5.74) is 9.25. The second kappa shape index (κ2) is 7.17. The topological polar surface area (TPSA) is 53.1 Å². The van der Waals surface area contributed by atoms with Crippen LogP contribution in [0.1, 0.15) is 5.56 Å².